The molecule has 1 aliphatic heterocycles. The molecule has 0 radical (unpaired) electrons. The number of azide groups is 1. The first-order valence-corrected chi connectivity index (χ1v) is 5.41. The number of aliphatic hydroxyl groups is 2. The number of hydrogen-bond acceptors (Lipinski definition) is 7. The number of aliphatic hydroxyl groups excluding tert-OH is 2. The summed E-state index contributed by atoms with van der Waals surface area (Å²) in [4.78, 5) is 17.7. The Morgan fingerprint density at radius 3 is 2.95 bits per heavy atom. The van der Waals surface area contributed by atoms with Crippen LogP contribution in [-0.4, -0.2) is 44.6 Å². The molecule has 0 spiro atoms. The maximum atomic E-state index is 11.6. The summed E-state index contributed by atoms with van der Waals surface area (Å²) in [6, 6.07) is 1.37. The summed E-state index contributed by atoms with van der Waals surface area (Å²) in [6.45, 7) is -0.150. The average Bonchev–Trinajstić information content (AvgIpc) is 2.64. The van der Waals surface area contributed by atoms with Crippen LogP contribution in [0.1, 0.15) is 6.23 Å². The summed E-state index contributed by atoms with van der Waals surface area (Å²) in [6.07, 6.45) is -3.28. The number of ether oxygens (including phenoxy) is 1. The lowest BCUT2D eigenvalue weighted by Gasteiger charge is -2.16. The van der Waals surface area contributed by atoms with Crippen LogP contribution in [-0.2, 0) is 4.74 Å². The predicted molar refractivity (Wildman–Crippen MR) is 62.8 cm³/mol. The minimum Gasteiger partial charge on any atom is -0.388 e. The topological polar surface area (TPSA) is 159 Å². The molecule has 10 heteroatoms. The van der Waals surface area contributed by atoms with Crippen molar-refractivity contribution in [1.82, 2.24) is 9.55 Å². The Hall–Kier alpha value is -2.13. The monoisotopic (exact) mass is 268 g/mol. The molecule has 0 bridgehead atoms. The molecule has 19 heavy (non-hydrogen) atoms. The molecule has 0 unspecified atom stereocenters. The predicted octanol–water partition coefficient (Wildman–Crippen LogP) is -1.25. The van der Waals surface area contributed by atoms with Crippen molar-refractivity contribution in [3.63, 3.8) is 0 Å². The number of rotatable bonds is 3. The van der Waals surface area contributed by atoms with Gasteiger partial charge in [0.15, 0.2) is 6.23 Å². The van der Waals surface area contributed by atoms with Crippen molar-refractivity contribution >= 4 is 5.82 Å². The van der Waals surface area contributed by atoms with Gasteiger partial charge in [0, 0.05) is 11.1 Å². The second-order valence-electron chi connectivity index (χ2n) is 4.00. The first-order valence-electron chi connectivity index (χ1n) is 5.41. The Balaban J connectivity index is 2.26. The lowest BCUT2D eigenvalue weighted by atomic mass is 10.1. The first-order chi connectivity index (χ1) is 9.04. The molecule has 0 amide bonds. The summed E-state index contributed by atoms with van der Waals surface area (Å²) in [5, 5.41) is 22.9. The molecular weight excluding hydrogens is 256 g/mol. The van der Waals surface area contributed by atoms with Crippen molar-refractivity contribution in [2.75, 3.05) is 12.3 Å². The lowest BCUT2D eigenvalue weighted by Crippen LogP contribution is -2.35. The number of hydrogen-bond donors (Lipinski definition) is 3. The fourth-order valence-electron chi connectivity index (χ4n) is 1.85. The van der Waals surface area contributed by atoms with Gasteiger partial charge in [0.25, 0.3) is 0 Å². The van der Waals surface area contributed by atoms with Gasteiger partial charge in [0.1, 0.15) is 18.0 Å². The third-order valence-corrected chi connectivity index (χ3v) is 2.79. The van der Waals surface area contributed by atoms with E-state index >= 15 is 0 Å². The van der Waals surface area contributed by atoms with E-state index in [1.54, 1.807) is 0 Å². The van der Waals surface area contributed by atoms with Crippen molar-refractivity contribution in [2.24, 2.45) is 5.11 Å². The fourth-order valence-corrected chi connectivity index (χ4v) is 1.85. The van der Waals surface area contributed by atoms with Crippen LogP contribution in [0.15, 0.2) is 22.2 Å². The Morgan fingerprint density at radius 2 is 2.32 bits per heavy atom. The minimum atomic E-state index is -1.33. The van der Waals surface area contributed by atoms with Crippen LogP contribution in [0.4, 0.5) is 5.82 Å². The standard InChI is InChI=1S/C9H12N6O4/c10-5-1-2-15(9(18)13-5)8-7(17)6(16)4(19-8)3-12-14-11/h1-2,4,6-8,16-17H,3H2,(H2,10,13,18)/t4-,6-,7-,8-/m1/s1. The molecule has 10 nitrogen and oxygen atoms in total. The number of nitrogen functional groups attached to an aromatic ring is 1. The van der Waals surface area contributed by atoms with Crippen molar-refractivity contribution in [2.45, 2.75) is 24.5 Å². The number of nitrogens with zero attached hydrogens (tertiary/aromatic N) is 5. The minimum absolute atomic E-state index is 0.0416. The summed E-state index contributed by atoms with van der Waals surface area (Å²) < 4.78 is 6.33. The Kier molecular flexibility index (Phi) is 3.67. The van der Waals surface area contributed by atoms with Gasteiger partial charge in [-0.2, -0.15) is 4.98 Å². The van der Waals surface area contributed by atoms with Gasteiger partial charge in [-0.05, 0) is 11.6 Å². The average molecular weight is 268 g/mol. The normalized spacial score (nSPS) is 30.0. The zero-order valence-corrected chi connectivity index (χ0v) is 9.70. The van der Waals surface area contributed by atoms with E-state index in [0.29, 0.717) is 0 Å². The molecule has 0 aliphatic carbocycles. The molecule has 1 aromatic heterocycles. The van der Waals surface area contributed by atoms with Crippen LogP contribution < -0.4 is 11.4 Å². The summed E-state index contributed by atoms with van der Waals surface area (Å²) in [5.41, 5.74) is 12.9. The van der Waals surface area contributed by atoms with Crippen molar-refractivity contribution < 1.29 is 14.9 Å². The third-order valence-electron chi connectivity index (χ3n) is 2.79. The summed E-state index contributed by atoms with van der Waals surface area (Å²) in [7, 11) is 0. The molecule has 2 rings (SSSR count). The fraction of sp³-hybridized carbons (Fsp3) is 0.556. The second-order valence-corrected chi connectivity index (χ2v) is 4.00. The van der Waals surface area contributed by atoms with Crippen molar-refractivity contribution in [1.29, 1.82) is 0 Å². The number of aromatic nitrogens is 2. The third kappa shape index (κ3) is 2.51. The van der Waals surface area contributed by atoms with Crippen LogP contribution in [0.3, 0.4) is 0 Å². The van der Waals surface area contributed by atoms with Crippen LogP contribution >= 0.6 is 0 Å². The highest BCUT2D eigenvalue weighted by Crippen LogP contribution is 2.28. The Labute approximate surface area is 106 Å². The van der Waals surface area contributed by atoms with E-state index < -0.39 is 30.2 Å². The van der Waals surface area contributed by atoms with Gasteiger partial charge >= 0.3 is 5.69 Å². The van der Waals surface area contributed by atoms with Crippen molar-refractivity contribution in [3.05, 3.63) is 33.2 Å². The van der Waals surface area contributed by atoms with Crippen LogP contribution in [0.5, 0.6) is 0 Å². The molecule has 2 heterocycles. The van der Waals surface area contributed by atoms with Gasteiger partial charge in [0.2, 0.25) is 0 Å². The molecule has 1 aromatic rings. The highest BCUT2D eigenvalue weighted by atomic mass is 16.6. The van der Waals surface area contributed by atoms with E-state index in [0.717, 1.165) is 4.57 Å². The highest BCUT2D eigenvalue weighted by Gasteiger charge is 2.43. The molecule has 1 fully saturated rings. The van der Waals surface area contributed by atoms with Gasteiger partial charge < -0.3 is 20.7 Å². The molecule has 4 N–H and O–H groups in total. The van der Waals surface area contributed by atoms with E-state index in [2.05, 4.69) is 15.0 Å². The molecule has 0 aromatic carbocycles. The van der Waals surface area contributed by atoms with Gasteiger partial charge in [-0.3, -0.25) is 4.57 Å². The van der Waals surface area contributed by atoms with Crippen LogP contribution in [0.25, 0.3) is 10.4 Å². The molecule has 4 atom stereocenters. The van der Waals surface area contributed by atoms with E-state index in [1.165, 1.54) is 12.3 Å². The Bertz CT molecular complexity index is 568. The number of anilines is 1. The Morgan fingerprint density at radius 1 is 1.58 bits per heavy atom. The van der Waals surface area contributed by atoms with Crippen molar-refractivity contribution in [3.8, 4) is 0 Å². The second kappa shape index (κ2) is 5.24. The molecule has 0 saturated carbocycles. The molecular formula is C9H12N6O4. The van der Waals surface area contributed by atoms with E-state index in [-0.39, 0.29) is 12.4 Å². The lowest BCUT2D eigenvalue weighted by molar-refractivity contribution is -0.0371. The van der Waals surface area contributed by atoms with Gasteiger partial charge in [-0.1, -0.05) is 5.11 Å². The largest absolute Gasteiger partial charge is 0.388 e. The highest BCUT2D eigenvalue weighted by molar-refractivity contribution is 5.23. The quantitative estimate of drug-likeness (QED) is 0.353. The summed E-state index contributed by atoms with van der Waals surface area (Å²) >= 11 is 0. The SMILES string of the molecule is [N-]=[N+]=NC[C@H]1O[C@@H](n2ccc(N)nc2=O)[C@H](O)[C@@H]1O. The molecule has 102 valence electrons. The first kappa shape index (κ1) is 13.3. The van der Waals surface area contributed by atoms with Gasteiger partial charge in [0.05, 0.1) is 12.6 Å². The smallest absolute Gasteiger partial charge is 0.351 e. The molecule has 1 saturated heterocycles. The zero-order valence-electron chi connectivity index (χ0n) is 9.70. The zero-order chi connectivity index (χ0) is 14.0. The van der Waals surface area contributed by atoms with Gasteiger partial charge in [-0.15, -0.1) is 0 Å². The van der Waals surface area contributed by atoms with E-state index in [1.807, 2.05) is 0 Å². The molecule has 1 aliphatic rings. The van der Waals surface area contributed by atoms with E-state index in [4.69, 9.17) is 16.0 Å². The van der Waals surface area contributed by atoms with Gasteiger partial charge in [-0.25, -0.2) is 4.79 Å². The van der Waals surface area contributed by atoms with E-state index in [9.17, 15) is 15.0 Å². The summed E-state index contributed by atoms with van der Waals surface area (Å²) in [5.74, 6) is 0.0416. The maximum absolute atomic E-state index is 11.6. The maximum Gasteiger partial charge on any atom is 0.351 e. The number of nitrogens with two attached hydrogens (primary N) is 1. The van der Waals surface area contributed by atoms with Crippen LogP contribution in [0.2, 0.25) is 0 Å². The van der Waals surface area contributed by atoms with Crippen LogP contribution in [0, 0.1) is 0 Å².